The van der Waals surface area contributed by atoms with E-state index in [2.05, 4.69) is 44.8 Å². The fourth-order valence-electron chi connectivity index (χ4n) is 3.63. The maximum atomic E-state index is 4.76. The molecule has 0 saturated heterocycles. The van der Waals surface area contributed by atoms with E-state index in [1.54, 1.807) is 0 Å². The summed E-state index contributed by atoms with van der Waals surface area (Å²) in [4.78, 5) is 9.35. The number of aryl methyl sites for hydroxylation is 3. The number of nitrogens with one attached hydrogen (secondary N) is 2. The fraction of sp³-hybridized carbons (Fsp3) is 0.550. The largest absolute Gasteiger partial charge is 0.357 e. The van der Waals surface area contributed by atoms with Crippen molar-refractivity contribution in [2.24, 2.45) is 4.99 Å². The van der Waals surface area contributed by atoms with Crippen LogP contribution in [0.3, 0.4) is 0 Å². The van der Waals surface area contributed by atoms with Gasteiger partial charge in [-0.2, -0.15) is 5.10 Å². The zero-order chi connectivity index (χ0) is 20.1. The van der Waals surface area contributed by atoms with Crippen LogP contribution in [0.4, 0.5) is 0 Å². The molecule has 0 radical (unpaired) electrons. The number of halogens is 1. The standard InChI is InChI=1S/C20H29N9.HI/c1-3-16-24-17-11-10-15(14-29(17)27-16)23-20(21-4-2)22-12-7-9-19-26-25-18-8-5-6-13-28(18)19;/h5-6,8,13,15H,3-4,7,9-12,14H2,1-2H3,(H2,21,22,23);1H. The van der Waals surface area contributed by atoms with Crippen molar-refractivity contribution < 1.29 is 0 Å². The summed E-state index contributed by atoms with van der Waals surface area (Å²) in [6.07, 6.45) is 6.64. The molecule has 1 unspecified atom stereocenters. The molecule has 10 heteroatoms. The number of aromatic nitrogens is 6. The SMILES string of the molecule is CCNC(=NCCCc1nnc2ccccn12)NC1CCc2nc(CC)nn2C1.I. The van der Waals surface area contributed by atoms with Gasteiger partial charge < -0.3 is 10.6 Å². The molecule has 0 spiro atoms. The first-order chi connectivity index (χ1) is 14.3. The molecule has 162 valence electrons. The van der Waals surface area contributed by atoms with E-state index in [-0.39, 0.29) is 24.0 Å². The zero-order valence-corrected chi connectivity index (χ0v) is 19.9. The molecule has 4 rings (SSSR count). The summed E-state index contributed by atoms with van der Waals surface area (Å²) in [5, 5.41) is 20.0. The van der Waals surface area contributed by atoms with Gasteiger partial charge in [0.2, 0.25) is 0 Å². The molecule has 0 saturated carbocycles. The highest BCUT2D eigenvalue weighted by Gasteiger charge is 2.22. The molecular weight excluding hydrogens is 493 g/mol. The molecule has 30 heavy (non-hydrogen) atoms. The molecule has 0 fully saturated rings. The fourth-order valence-corrected chi connectivity index (χ4v) is 3.63. The molecule has 4 heterocycles. The van der Waals surface area contributed by atoms with Crippen LogP contribution in [0.25, 0.3) is 5.65 Å². The maximum absolute atomic E-state index is 4.76. The van der Waals surface area contributed by atoms with Crippen LogP contribution in [0.1, 0.15) is 44.2 Å². The van der Waals surface area contributed by atoms with Crippen LogP contribution in [-0.2, 0) is 25.8 Å². The lowest BCUT2D eigenvalue weighted by molar-refractivity contribution is 0.392. The van der Waals surface area contributed by atoms with Crippen molar-refractivity contribution in [3.8, 4) is 0 Å². The third kappa shape index (κ3) is 5.27. The highest BCUT2D eigenvalue weighted by molar-refractivity contribution is 14.0. The Labute approximate surface area is 193 Å². The van der Waals surface area contributed by atoms with Gasteiger partial charge in [0.15, 0.2) is 17.4 Å². The first-order valence-corrected chi connectivity index (χ1v) is 10.5. The maximum Gasteiger partial charge on any atom is 0.191 e. The van der Waals surface area contributed by atoms with Gasteiger partial charge in [-0.05, 0) is 31.9 Å². The second-order valence-corrected chi connectivity index (χ2v) is 7.27. The Morgan fingerprint density at radius 2 is 2.17 bits per heavy atom. The minimum atomic E-state index is 0. The van der Waals surface area contributed by atoms with Crippen molar-refractivity contribution >= 4 is 35.6 Å². The van der Waals surface area contributed by atoms with Gasteiger partial charge in [-0.25, -0.2) is 9.67 Å². The predicted molar refractivity (Wildman–Crippen MR) is 127 cm³/mol. The smallest absolute Gasteiger partial charge is 0.191 e. The lowest BCUT2D eigenvalue weighted by atomic mass is 10.1. The quantitative estimate of drug-likeness (QED) is 0.213. The van der Waals surface area contributed by atoms with E-state index in [4.69, 9.17) is 4.99 Å². The number of nitrogens with zero attached hydrogens (tertiary/aromatic N) is 7. The van der Waals surface area contributed by atoms with Crippen molar-refractivity contribution in [1.29, 1.82) is 0 Å². The Morgan fingerprint density at radius 1 is 1.27 bits per heavy atom. The minimum absolute atomic E-state index is 0. The number of rotatable bonds is 7. The molecule has 0 aliphatic carbocycles. The molecule has 0 amide bonds. The van der Waals surface area contributed by atoms with Crippen molar-refractivity contribution in [3.05, 3.63) is 41.9 Å². The molecule has 0 aromatic carbocycles. The van der Waals surface area contributed by atoms with Crippen LogP contribution in [0.2, 0.25) is 0 Å². The average molecular weight is 523 g/mol. The summed E-state index contributed by atoms with van der Waals surface area (Å²) < 4.78 is 4.08. The number of hydrogen-bond donors (Lipinski definition) is 2. The van der Waals surface area contributed by atoms with Gasteiger partial charge in [0.1, 0.15) is 11.6 Å². The summed E-state index contributed by atoms with van der Waals surface area (Å²) in [6, 6.07) is 6.26. The third-order valence-corrected chi connectivity index (χ3v) is 5.12. The molecular formula is C20H30IN9. The number of pyridine rings is 1. The van der Waals surface area contributed by atoms with E-state index in [0.717, 1.165) is 80.8 Å². The van der Waals surface area contributed by atoms with E-state index in [1.165, 1.54) is 0 Å². The number of hydrogen-bond acceptors (Lipinski definition) is 5. The molecule has 1 atom stereocenters. The number of guanidine groups is 1. The topological polar surface area (TPSA) is 97.3 Å². The summed E-state index contributed by atoms with van der Waals surface area (Å²) in [5.41, 5.74) is 0.886. The van der Waals surface area contributed by atoms with E-state index in [9.17, 15) is 0 Å². The summed E-state index contributed by atoms with van der Waals surface area (Å²) in [5.74, 6) is 3.87. The molecule has 3 aromatic rings. The normalized spacial score (nSPS) is 16.2. The Balaban J connectivity index is 0.00000256. The molecule has 2 N–H and O–H groups in total. The Kier molecular flexibility index (Phi) is 8.00. The molecule has 0 bridgehead atoms. The monoisotopic (exact) mass is 523 g/mol. The Hall–Kier alpha value is -2.24. The summed E-state index contributed by atoms with van der Waals surface area (Å²) >= 11 is 0. The van der Waals surface area contributed by atoms with Gasteiger partial charge in [-0.1, -0.05) is 13.0 Å². The van der Waals surface area contributed by atoms with Crippen molar-refractivity contribution in [2.75, 3.05) is 13.1 Å². The Morgan fingerprint density at radius 3 is 3.00 bits per heavy atom. The van der Waals surface area contributed by atoms with Crippen LogP contribution in [0.5, 0.6) is 0 Å². The third-order valence-electron chi connectivity index (χ3n) is 5.12. The highest BCUT2D eigenvalue weighted by atomic mass is 127. The van der Waals surface area contributed by atoms with E-state index in [0.29, 0.717) is 6.04 Å². The molecule has 1 aliphatic rings. The van der Waals surface area contributed by atoms with Crippen LogP contribution in [0, 0.1) is 0 Å². The number of aliphatic imine (C=N–C) groups is 1. The van der Waals surface area contributed by atoms with Crippen LogP contribution in [-0.4, -0.2) is 54.5 Å². The van der Waals surface area contributed by atoms with Gasteiger partial charge in [0, 0.05) is 44.6 Å². The number of fused-ring (bicyclic) bond motifs is 2. The van der Waals surface area contributed by atoms with Gasteiger partial charge in [0.05, 0.1) is 6.54 Å². The molecule has 9 nitrogen and oxygen atoms in total. The van der Waals surface area contributed by atoms with Crippen molar-refractivity contribution in [2.45, 2.75) is 58.5 Å². The van der Waals surface area contributed by atoms with E-state index >= 15 is 0 Å². The van der Waals surface area contributed by atoms with Crippen LogP contribution in [0.15, 0.2) is 29.4 Å². The summed E-state index contributed by atoms with van der Waals surface area (Å²) in [6.45, 7) is 6.58. The highest BCUT2D eigenvalue weighted by Crippen LogP contribution is 2.13. The van der Waals surface area contributed by atoms with E-state index in [1.807, 2.05) is 33.5 Å². The van der Waals surface area contributed by atoms with E-state index < -0.39 is 0 Å². The zero-order valence-electron chi connectivity index (χ0n) is 17.6. The molecule has 3 aromatic heterocycles. The Bertz CT molecular complexity index is 978. The summed E-state index contributed by atoms with van der Waals surface area (Å²) in [7, 11) is 0. The van der Waals surface area contributed by atoms with Gasteiger partial charge in [-0.3, -0.25) is 9.39 Å². The lowest BCUT2D eigenvalue weighted by Gasteiger charge is -2.25. The predicted octanol–water partition coefficient (Wildman–Crippen LogP) is 2.00. The van der Waals surface area contributed by atoms with Crippen molar-refractivity contribution in [3.63, 3.8) is 0 Å². The van der Waals surface area contributed by atoms with Gasteiger partial charge in [0.25, 0.3) is 0 Å². The first-order valence-electron chi connectivity index (χ1n) is 10.5. The second-order valence-electron chi connectivity index (χ2n) is 7.27. The molecule has 1 aliphatic heterocycles. The lowest BCUT2D eigenvalue weighted by Crippen LogP contribution is -2.47. The van der Waals surface area contributed by atoms with Crippen LogP contribution < -0.4 is 10.6 Å². The minimum Gasteiger partial charge on any atom is -0.357 e. The van der Waals surface area contributed by atoms with Gasteiger partial charge >= 0.3 is 0 Å². The average Bonchev–Trinajstić information content (AvgIpc) is 3.34. The second kappa shape index (κ2) is 10.7. The van der Waals surface area contributed by atoms with Crippen molar-refractivity contribution in [1.82, 2.24) is 40.0 Å². The first kappa shape index (κ1) is 22.4. The van der Waals surface area contributed by atoms with Gasteiger partial charge in [-0.15, -0.1) is 34.2 Å². The van der Waals surface area contributed by atoms with Crippen LogP contribution >= 0.6 is 24.0 Å².